The Morgan fingerprint density at radius 1 is 0.774 bits per heavy atom. The molecule has 0 heterocycles. The van der Waals surface area contributed by atoms with E-state index >= 15 is 0 Å². The highest BCUT2D eigenvalue weighted by Crippen LogP contribution is 2.41. The summed E-state index contributed by atoms with van der Waals surface area (Å²) in [7, 11) is 0. The molecule has 1 rings (SSSR count). The maximum Gasteiger partial charge on any atom is 0.122 e. The Morgan fingerprint density at radius 3 is 1.87 bits per heavy atom. The molecule has 1 heteroatoms. The number of phenols is 1. The normalized spacial score (nSPS) is 13.5. The Hall–Kier alpha value is -0.980. The van der Waals surface area contributed by atoms with Gasteiger partial charge in [0.25, 0.3) is 0 Å². The van der Waals surface area contributed by atoms with Crippen LogP contribution in [0.1, 0.15) is 155 Å². The Labute approximate surface area is 195 Å². The van der Waals surface area contributed by atoms with Gasteiger partial charge in [-0.05, 0) is 59.1 Å². The van der Waals surface area contributed by atoms with Gasteiger partial charge >= 0.3 is 0 Å². The van der Waals surface area contributed by atoms with Crippen LogP contribution in [0.15, 0.2) is 12.1 Å². The lowest BCUT2D eigenvalue weighted by molar-refractivity contribution is 0.283. The molecular weight excluding hydrogens is 376 g/mol. The summed E-state index contributed by atoms with van der Waals surface area (Å²) in [6.07, 6.45) is 16.5. The van der Waals surface area contributed by atoms with Gasteiger partial charge in [0, 0.05) is 0 Å². The highest BCUT2D eigenvalue weighted by atomic mass is 16.3. The van der Waals surface area contributed by atoms with Gasteiger partial charge in [-0.1, -0.05) is 125 Å². The average molecular weight is 431 g/mol. The predicted molar refractivity (Wildman–Crippen MR) is 139 cm³/mol. The second-order valence-corrected chi connectivity index (χ2v) is 12.0. The SMILES string of the molecule is CCCCCCCCCCC(C)c1cc(C(C)(C)CC(C)(C)C)cc(CCCC)c1O. The van der Waals surface area contributed by atoms with Crippen molar-refractivity contribution in [1.82, 2.24) is 0 Å². The highest BCUT2D eigenvalue weighted by molar-refractivity contribution is 5.47. The molecule has 0 aliphatic carbocycles. The second-order valence-electron chi connectivity index (χ2n) is 12.0. The van der Waals surface area contributed by atoms with Crippen molar-refractivity contribution in [2.45, 2.75) is 150 Å². The topological polar surface area (TPSA) is 20.2 Å². The third-order valence-corrected chi connectivity index (χ3v) is 6.79. The van der Waals surface area contributed by atoms with Gasteiger partial charge in [-0.15, -0.1) is 0 Å². The van der Waals surface area contributed by atoms with E-state index in [2.05, 4.69) is 67.5 Å². The van der Waals surface area contributed by atoms with Crippen molar-refractivity contribution in [2.75, 3.05) is 0 Å². The summed E-state index contributed by atoms with van der Waals surface area (Å²) >= 11 is 0. The predicted octanol–water partition coefficient (Wildman–Crippen LogP) is 10.1. The first-order valence-electron chi connectivity index (χ1n) is 13.4. The molecule has 0 aliphatic heterocycles. The molecule has 1 N–H and O–H groups in total. The van der Waals surface area contributed by atoms with Crippen molar-refractivity contribution in [3.8, 4) is 5.75 Å². The van der Waals surface area contributed by atoms with Crippen LogP contribution in [-0.4, -0.2) is 5.11 Å². The molecule has 1 atom stereocenters. The number of hydrogen-bond donors (Lipinski definition) is 1. The van der Waals surface area contributed by atoms with Gasteiger partial charge in [-0.25, -0.2) is 0 Å². The molecule has 180 valence electrons. The lowest BCUT2D eigenvalue weighted by Gasteiger charge is -2.34. The third kappa shape index (κ3) is 10.5. The summed E-state index contributed by atoms with van der Waals surface area (Å²) in [4.78, 5) is 0. The zero-order chi connectivity index (χ0) is 23.5. The van der Waals surface area contributed by atoms with Gasteiger partial charge in [0.15, 0.2) is 0 Å². The lowest BCUT2D eigenvalue weighted by Crippen LogP contribution is -2.25. The van der Waals surface area contributed by atoms with Crippen LogP contribution in [0.4, 0.5) is 0 Å². The van der Waals surface area contributed by atoms with Crippen LogP contribution >= 0.6 is 0 Å². The van der Waals surface area contributed by atoms with Crippen LogP contribution in [0, 0.1) is 5.41 Å². The summed E-state index contributed by atoms with van der Waals surface area (Å²) in [5.41, 5.74) is 4.16. The van der Waals surface area contributed by atoms with Crippen LogP contribution in [0.25, 0.3) is 0 Å². The van der Waals surface area contributed by atoms with E-state index < -0.39 is 0 Å². The fourth-order valence-electron chi connectivity index (χ4n) is 5.21. The number of aromatic hydroxyl groups is 1. The second kappa shape index (κ2) is 13.5. The monoisotopic (exact) mass is 430 g/mol. The van der Waals surface area contributed by atoms with E-state index in [1.807, 2.05) is 0 Å². The molecule has 0 aliphatic rings. The van der Waals surface area contributed by atoms with E-state index in [4.69, 9.17) is 0 Å². The van der Waals surface area contributed by atoms with Crippen LogP contribution in [0.5, 0.6) is 5.75 Å². The Bertz CT molecular complexity index is 620. The Kier molecular flexibility index (Phi) is 12.3. The maximum absolute atomic E-state index is 11.1. The first-order chi connectivity index (χ1) is 14.5. The van der Waals surface area contributed by atoms with Gasteiger partial charge in [-0.2, -0.15) is 0 Å². The number of hydrogen-bond acceptors (Lipinski definition) is 1. The molecule has 1 aromatic carbocycles. The first-order valence-corrected chi connectivity index (χ1v) is 13.4. The standard InChI is InChI=1S/C30H54O/c1-9-11-13-14-15-16-17-18-19-24(3)27-22-26(30(7,8)23-29(4,5)6)21-25(28(27)31)20-12-10-2/h21-22,24,31H,9-20,23H2,1-8H3. The van der Waals surface area contributed by atoms with E-state index in [0.717, 1.165) is 25.7 Å². The van der Waals surface area contributed by atoms with Crippen molar-refractivity contribution in [3.05, 3.63) is 28.8 Å². The van der Waals surface area contributed by atoms with Crippen molar-refractivity contribution >= 4 is 0 Å². The van der Waals surface area contributed by atoms with Gasteiger partial charge in [-0.3, -0.25) is 0 Å². The molecule has 1 aromatic rings. The van der Waals surface area contributed by atoms with E-state index in [1.54, 1.807) is 0 Å². The molecule has 31 heavy (non-hydrogen) atoms. The van der Waals surface area contributed by atoms with Gasteiger partial charge in [0.2, 0.25) is 0 Å². The third-order valence-electron chi connectivity index (χ3n) is 6.79. The smallest absolute Gasteiger partial charge is 0.122 e. The summed E-state index contributed by atoms with van der Waals surface area (Å²) in [5, 5.41) is 11.1. The van der Waals surface area contributed by atoms with Crippen LogP contribution in [-0.2, 0) is 11.8 Å². The molecule has 0 fully saturated rings. The minimum absolute atomic E-state index is 0.111. The number of benzene rings is 1. The molecule has 0 bridgehead atoms. The van der Waals surface area contributed by atoms with E-state index in [0.29, 0.717) is 11.7 Å². The number of aryl methyl sites for hydroxylation is 1. The van der Waals surface area contributed by atoms with Gasteiger partial charge < -0.3 is 5.11 Å². The molecule has 1 nitrogen and oxygen atoms in total. The molecule has 1 unspecified atom stereocenters. The van der Waals surface area contributed by atoms with E-state index in [-0.39, 0.29) is 10.8 Å². The van der Waals surface area contributed by atoms with Gasteiger partial charge in [0.05, 0.1) is 0 Å². The molecule has 0 radical (unpaired) electrons. The molecule has 0 amide bonds. The zero-order valence-electron chi connectivity index (χ0n) is 22.4. The number of phenolic OH excluding ortho intramolecular Hbond substituents is 1. The zero-order valence-corrected chi connectivity index (χ0v) is 22.4. The number of rotatable bonds is 15. The van der Waals surface area contributed by atoms with E-state index in [9.17, 15) is 5.11 Å². The Balaban J connectivity index is 2.89. The van der Waals surface area contributed by atoms with Crippen molar-refractivity contribution in [3.63, 3.8) is 0 Å². The fraction of sp³-hybridized carbons (Fsp3) is 0.800. The minimum atomic E-state index is 0.111. The maximum atomic E-state index is 11.1. The Morgan fingerprint density at radius 2 is 1.32 bits per heavy atom. The molecular formula is C30H54O. The molecule has 0 saturated carbocycles. The van der Waals surface area contributed by atoms with Crippen LogP contribution in [0.3, 0.4) is 0 Å². The molecule has 0 aromatic heterocycles. The lowest BCUT2D eigenvalue weighted by atomic mass is 9.71. The van der Waals surface area contributed by atoms with Crippen molar-refractivity contribution in [2.24, 2.45) is 5.41 Å². The fourth-order valence-corrected chi connectivity index (χ4v) is 5.21. The van der Waals surface area contributed by atoms with Crippen LogP contribution < -0.4 is 0 Å². The summed E-state index contributed by atoms with van der Waals surface area (Å²) < 4.78 is 0. The largest absolute Gasteiger partial charge is 0.507 e. The minimum Gasteiger partial charge on any atom is -0.507 e. The average Bonchev–Trinajstić information content (AvgIpc) is 2.67. The summed E-state index contributed by atoms with van der Waals surface area (Å²) in [5.74, 6) is 1.00. The highest BCUT2D eigenvalue weighted by Gasteiger charge is 2.29. The molecule has 0 saturated heterocycles. The van der Waals surface area contributed by atoms with Crippen molar-refractivity contribution in [1.29, 1.82) is 0 Å². The quantitative estimate of drug-likeness (QED) is 0.274. The number of unbranched alkanes of at least 4 members (excludes halogenated alkanes) is 8. The summed E-state index contributed by atoms with van der Waals surface area (Å²) in [6.45, 7) is 18.6. The summed E-state index contributed by atoms with van der Waals surface area (Å²) in [6, 6.07) is 4.65. The first kappa shape index (κ1) is 28.1. The molecule has 0 spiro atoms. The van der Waals surface area contributed by atoms with E-state index in [1.165, 1.54) is 74.5 Å². The van der Waals surface area contributed by atoms with Crippen LogP contribution in [0.2, 0.25) is 0 Å². The van der Waals surface area contributed by atoms with Crippen molar-refractivity contribution < 1.29 is 5.11 Å². The van der Waals surface area contributed by atoms with Gasteiger partial charge in [0.1, 0.15) is 5.75 Å².